The van der Waals surface area contributed by atoms with Crippen LogP contribution in [0.4, 0.5) is 5.88 Å². The standard InChI is InChI=1S/C18H19N3O3S/c1-17(2,3)13-10-15(24-20-13)19-16(22)18(6-7-18)14-9-11(23-21-14)12-5-4-8-25-12/h4-5,8-10H,6-7H2,1-3H3,(H,19,22). The van der Waals surface area contributed by atoms with Crippen molar-refractivity contribution in [2.45, 2.75) is 44.4 Å². The van der Waals surface area contributed by atoms with E-state index in [9.17, 15) is 4.79 Å². The van der Waals surface area contributed by atoms with Crippen molar-refractivity contribution in [3.63, 3.8) is 0 Å². The Morgan fingerprint density at radius 2 is 2.04 bits per heavy atom. The molecule has 1 fully saturated rings. The van der Waals surface area contributed by atoms with Crippen LogP contribution in [0, 0.1) is 0 Å². The fourth-order valence-electron chi connectivity index (χ4n) is 2.68. The highest BCUT2D eigenvalue weighted by Crippen LogP contribution is 2.49. The maximum atomic E-state index is 12.8. The van der Waals surface area contributed by atoms with Crippen LogP contribution >= 0.6 is 11.3 Å². The van der Waals surface area contributed by atoms with Gasteiger partial charge in [0.25, 0.3) is 0 Å². The number of carbonyl (C=O) groups is 1. The summed E-state index contributed by atoms with van der Waals surface area (Å²) in [6.45, 7) is 6.13. The first-order chi connectivity index (χ1) is 11.9. The summed E-state index contributed by atoms with van der Waals surface area (Å²) in [7, 11) is 0. The van der Waals surface area contributed by atoms with Crippen LogP contribution < -0.4 is 5.32 Å². The zero-order valence-corrected chi connectivity index (χ0v) is 15.1. The van der Waals surface area contributed by atoms with Gasteiger partial charge in [-0.3, -0.25) is 10.1 Å². The summed E-state index contributed by atoms with van der Waals surface area (Å²) in [6, 6.07) is 7.56. The molecule has 3 aromatic rings. The van der Waals surface area contributed by atoms with E-state index in [1.54, 1.807) is 17.4 Å². The van der Waals surface area contributed by atoms with Gasteiger partial charge in [0.05, 0.1) is 21.7 Å². The van der Waals surface area contributed by atoms with Crippen LogP contribution in [0.2, 0.25) is 0 Å². The van der Waals surface area contributed by atoms with Gasteiger partial charge in [-0.25, -0.2) is 0 Å². The minimum absolute atomic E-state index is 0.130. The predicted octanol–water partition coefficient (Wildman–Crippen LogP) is 4.36. The Labute approximate surface area is 149 Å². The van der Waals surface area contributed by atoms with E-state index < -0.39 is 5.41 Å². The van der Waals surface area contributed by atoms with Crippen LogP contribution in [0.5, 0.6) is 0 Å². The highest BCUT2D eigenvalue weighted by Gasteiger charge is 2.54. The highest BCUT2D eigenvalue weighted by molar-refractivity contribution is 7.13. The fourth-order valence-corrected chi connectivity index (χ4v) is 3.35. The number of hydrogen-bond donors (Lipinski definition) is 1. The molecule has 3 aromatic heterocycles. The number of amides is 1. The lowest BCUT2D eigenvalue weighted by Crippen LogP contribution is -2.28. The van der Waals surface area contributed by atoms with Crippen LogP contribution in [-0.4, -0.2) is 16.2 Å². The van der Waals surface area contributed by atoms with Crippen molar-refractivity contribution in [2.75, 3.05) is 5.32 Å². The highest BCUT2D eigenvalue weighted by atomic mass is 32.1. The van der Waals surface area contributed by atoms with Gasteiger partial charge in [-0.2, -0.15) is 0 Å². The van der Waals surface area contributed by atoms with Crippen molar-refractivity contribution >= 4 is 23.1 Å². The van der Waals surface area contributed by atoms with Crippen molar-refractivity contribution < 1.29 is 13.8 Å². The summed E-state index contributed by atoms with van der Waals surface area (Å²) >= 11 is 1.58. The van der Waals surface area contributed by atoms with Crippen LogP contribution in [0.3, 0.4) is 0 Å². The molecule has 7 heteroatoms. The van der Waals surface area contributed by atoms with Gasteiger partial charge in [-0.15, -0.1) is 11.3 Å². The van der Waals surface area contributed by atoms with Gasteiger partial charge < -0.3 is 9.05 Å². The van der Waals surface area contributed by atoms with E-state index in [0.717, 1.165) is 23.4 Å². The van der Waals surface area contributed by atoms with Crippen LogP contribution in [0.1, 0.15) is 45.0 Å². The molecular formula is C18H19N3O3S. The third-order valence-electron chi connectivity index (χ3n) is 4.46. The third-order valence-corrected chi connectivity index (χ3v) is 5.35. The second-order valence-electron chi connectivity index (χ2n) is 7.42. The first-order valence-corrected chi connectivity index (χ1v) is 9.06. The largest absolute Gasteiger partial charge is 0.355 e. The molecule has 1 aliphatic carbocycles. The van der Waals surface area contributed by atoms with Gasteiger partial charge in [0.1, 0.15) is 0 Å². The Balaban J connectivity index is 1.53. The number of hydrogen-bond acceptors (Lipinski definition) is 6. The summed E-state index contributed by atoms with van der Waals surface area (Å²) in [5.74, 6) is 0.928. The molecule has 1 N–H and O–H groups in total. The maximum Gasteiger partial charge on any atom is 0.239 e. The lowest BCUT2D eigenvalue weighted by atomic mass is 9.92. The summed E-state index contributed by atoms with van der Waals surface area (Å²) in [4.78, 5) is 13.8. The molecule has 0 unspecified atom stereocenters. The van der Waals surface area contributed by atoms with Gasteiger partial charge in [0.2, 0.25) is 11.8 Å². The van der Waals surface area contributed by atoms with Crippen molar-refractivity contribution in [1.82, 2.24) is 10.3 Å². The Bertz CT molecular complexity index is 898. The monoisotopic (exact) mass is 357 g/mol. The average Bonchev–Trinajstić information content (AvgIpc) is 3.02. The van der Waals surface area contributed by atoms with Gasteiger partial charge in [0, 0.05) is 17.5 Å². The molecule has 1 saturated carbocycles. The van der Waals surface area contributed by atoms with E-state index in [1.807, 2.05) is 44.4 Å². The minimum atomic E-state index is -0.631. The number of thiophene rings is 1. The SMILES string of the molecule is CC(C)(C)c1cc(NC(=O)C2(c3cc(-c4cccs4)on3)CC2)on1. The smallest absolute Gasteiger partial charge is 0.239 e. The quantitative estimate of drug-likeness (QED) is 0.750. The van der Waals surface area contributed by atoms with Crippen molar-refractivity contribution in [3.05, 3.63) is 41.0 Å². The number of aromatic nitrogens is 2. The second kappa shape index (κ2) is 5.56. The predicted molar refractivity (Wildman–Crippen MR) is 94.6 cm³/mol. The lowest BCUT2D eigenvalue weighted by Gasteiger charge is -2.12. The zero-order chi connectivity index (χ0) is 17.7. The topological polar surface area (TPSA) is 81.2 Å². The molecule has 1 amide bonds. The summed E-state index contributed by atoms with van der Waals surface area (Å²) in [5.41, 5.74) is 0.706. The lowest BCUT2D eigenvalue weighted by molar-refractivity contribution is -0.118. The molecule has 0 atom stereocenters. The summed E-state index contributed by atoms with van der Waals surface area (Å²) in [6.07, 6.45) is 1.49. The molecule has 0 aromatic carbocycles. The molecule has 1 aliphatic rings. The van der Waals surface area contributed by atoms with Gasteiger partial charge in [-0.1, -0.05) is 37.2 Å². The minimum Gasteiger partial charge on any atom is -0.355 e. The number of rotatable bonds is 4. The Morgan fingerprint density at radius 3 is 2.64 bits per heavy atom. The van der Waals surface area contributed by atoms with Gasteiger partial charge >= 0.3 is 0 Å². The van der Waals surface area contributed by atoms with E-state index >= 15 is 0 Å². The normalized spacial score (nSPS) is 16.0. The summed E-state index contributed by atoms with van der Waals surface area (Å²) < 4.78 is 10.7. The molecule has 6 nitrogen and oxygen atoms in total. The average molecular weight is 357 g/mol. The van der Waals surface area contributed by atoms with E-state index in [0.29, 0.717) is 17.3 Å². The fraction of sp³-hybridized carbons (Fsp3) is 0.389. The summed E-state index contributed by atoms with van der Waals surface area (Å²) in [5, 5.41) is 13.0. The first-order valence-electron chi connectivity index (χ1n) is 8.18. The van der Waals surface area contributed by atoms with Crippen LogP contribution in [0.15, 0.2) is 38.7 Å². The molecular weight excluding hydrogens is 338 g/mol. The number of nitrogens with zero attached hydrogens (tertiary/aromatic N) is 2. The first kappa shape index (κ1) is 16.1. The Kier molecular flexibility index (Phi) is 3.57. The van der Waals surface area contributed by atoms with Gasteiger partial charge in [0.15, 0.2) is 5.76 Å². The zero-order valence-electron chi connectivity index (χ0n) is 14.3. The Morgan fingerprint density at radius 1 is 1.24 bits per heavy atom. The van der Waals surface area contributed by atoms with Crippen LogP contribution in [-0.2, 0) is 15.6 Å². The Hall–Kier alpha value is -2.41. The second-order valence-corrected chi connectivity index (χ2v) is 8.36. The molecule has 0 saturated heterocycles. The molecule has 130 valence electrons. The molecule has 0 radical (unpaired) electrons. The number of carbonyl (C=O) groups excluding carboxylic acids is 1. The molecule has 0 aliphatic heterocycles. The van der Waals surface area contributed by atoms with E-state index in [-0.39, 0.29) is 11.3 Å². The molecule has 0 bridgehead atoms. The van der Waals surface area contributed by atoms with Crippen molar-refractivity contribution in [3.8, 4) is 10.6 Å². The number of anilines is 1. The molecule has 3 heterocycles. The van der Waals surface area contributed by atoms with E-state index in [4.69, 9.17) is 9.05 Å². The van der Waals surface area contributed by atoms with Crippen LogP contribution in [0.25, 0.3) is 10.6 Å². The van der Waals surface area contributed by atoms with E-state index in [1.165, 1.54) is 0 Å². The van der Waals surface area contributed by atoms with Gasteiger partial charge in [-0.05, 0) is 24.3 Å². The molecule has 4 rings (SSSR count). The van der Waals surface area contributed by atoms with Crippen molar-refractivity contribution in [1.29, 1.82) is 0 Å². The maximum absolute atomic E-state index is 12.8. The third kappa shape index (κ3) is 2.89. The number of nitrogens with one attached hydrogen (secondary N) is 1. The molecule has 25 heavy (non-hydrogen) atoms. The van der Waals surface area contributed by atoms with E-state index in [2.05, 4.69) is 15.6 Å². The van der Waals surface area contributed by atoms with Crippen molar-refractivity contribution in [2.24, 2.45) is 0 Å². The molecule has 0 spiro atoms.